The van der Waals surface area contributed by atoms with Gasteiger partial charge < -0.3 is 9.63 Å². The fraction of sp³-hybridized carbons (Fsp3) is 0.167. The van der Waals surface area contributed by atoms with Gasteiger partial charge in [-0.1, -0.05) is 21.1 Å². The molecule has 4 nitrogen and oxygen atoms in total. The van der Waals surface area contributed by atoms with E-state index in [4.69, 9.17) is 9.63 Å². The fourth-order valence-corrected chi connectivity index (χ4v) is 2.20. The van der Waals surface area contributed by atoms with Gasteiger partial charge in [-0.3, -0.25) is 0 Å². The van der Waals surface area contributed by atoms with Gasteiger partial charge in [-0.15, -0.1) is 0 Å². The molecule has 0 fully saturated rings. The number of halogens is 4. The lowest BCUT2D eigenvalue weighted by Crippen LogP contribution is -2.05. The summed E-state index contributed by atoms with van der Waals surface area (Å²) < 4.78 is 43.2. The molecule has 0 saturated heterocycles. The van der Waals surface area contributed by atoms with Crippen LogP contribution in [0.3, 0.4) is 0 Å². The molecule has 0 atom stereocenters. The minimum absolute atomic E-state index is 0.0148. The number of aromatic nitrogens is 1. The second-order valence-corrected chi connectivity index (χ2v) is 4.91. The number of aromatic carboxylic acids is 1. The molecule has 8 heteroatoms. The summed E-state index contributed by atoms with van der Waals surface area (Å²) in [5, 5.41) is 12.6. The molecule has 106 valence electrons. The van der Waals surface area contributed by atoms with E-state index in [0.717, 1.165) is 12.1 Å². The number of nitrogens with zero attached hydrogens (tertiary/aromatic N) is 1. The van der Waals surface area contributed by atoms with Crippen molar-refractivity contribution in [2.45, 2.75) is 13.1 Å². The number of aryl methyl sites for hydroxylation is 1. The molecule has 1 heterocycles. The van der Waals surface area contributed by atoms with E-state index in [0.29, 0.717) is 0 Å². The highest BCUT2D eigenvalue weighted by Crippen LogP contribution is 2.35. The standard InChI is InChI=1S/C12H7BrF3NO3/c1-5-9(11(18)19)10(17-20-5)6-2-7(12(14,15)16)4-8(13)3-6/h2-4H,1H3,(H,18,19). The van der Waals surface area contributed by atoms with E-state index in [9.17, 15) is 18.0 Å². The zero-order chi connectivity index (χ0) is 15.1. The third-order valence-corrected chi connectivity index (χ3v) is 3.03. The summed E-state index contributed by atoms with van der Waals surface area (Å²) in [5.41, 5.74) is -1.28. The number of hydrogen-bond donors (Lipinski definition) is 1. The van der Waals surface area contributed by atoms with Crippen molar-refractivity contribution in [1.29, 1.82) is 0 Å². The Morgan fingerprint density at radius 2 is 2.00 bits per heavy atom. The van der Waals surface area contributed by atoms with Gasteiger partial charge in [-0.25, -0.2) is 4.79 Å². The van der Waals surface area contributed by atoms with Crippen molar-refractivity contribution in [2.75, 3.05) is 0 Å². The SMILES string of the molecule is Cc1onc(-c2cc(Br)cc(C(F)(F)F)c2)c1C(=O)O. The topological polar surface area (TPSA) is 63.3 Å². The van der Waals surface area contributed by atoms with Crippen LogP contribution in [0, 0.1) is 6.92 Å². The minimum atomic E-state index is -4.54. The Morgan fingerprint density at radius 3 is 2.55 bits per heavy atom. The van der Waals surface area contributed by atoms with Crippen molar-refractivity contribution in [2.24, 2.45) is 0 Å². The number of carboxylic acids is 1. The van der Waals surface area contributed by atoms with Crippen LogP contribution in [0.25, 0.3) is 11.3 Å². The van der Waals surface area contributed by atoms with E-state index in [1.807, 2.05) is 0 Å². The van der Waals surface area contributed by atoms with E-state index < -0.39 is 17.7 Å². The van der Waals surface area contributed by atoms with Crippen LogP contribution in [0.4, 0.5) is 13.2 Å². The molecule has 1 aromatic heterocycles. The maximum absolute atomic E-state index is 12.7. The highest BCUT2D eigenvalue weighted by molar-refractivity contribution is 9.10. The maximum atomic E-state index is 12.7. The van der Waals surface area contributed by atoms with Crippen molar-refractivity contribution >= 4 is 21.9 Å². The molecule has 20 heavy (non-hydrogen) atoms. The molecule has 1 N–H and O–H groups in total. The van der Waals surface area contributed by atoms with Gasteiger partial charge in [-0.2, -0.15) is 13.2 Å². The van der Waals surface area contributed by atoms with Crippen molar-refractivity contribution in [3.05, 3.63) is 39.6 Å². The molecule has 2 aromatic rings. The Bertz CT molecular complexity index is 679. The first-order chi connectivity index (χ1) is 9.20. The van der Waals surface area contributed by atoms with Crippen LogP contribution in [-0.2, 0) is 6.18 Å². The summed E-state index contributed by atoms with van der Waals surface area (Å²) in [7, 11) is 0. The fourth-order valence-electron chi connectivity index (χ4n) is 1.71. The first kappa shape index (κ1) is 14.6. The number of carboxylic acid groups (broad SMARTS) is 1. The maximum Gasteiger partial charge on any atom is 0.416 e. The normalized spacial score (nSPS) is 11.7. The van der Waals surface area contributed by atoms with Gasteiger partial charge >= 0.3 is 12.1 Å². The van der Waals surface area contributed by atoms with Gasteiger partial charge in [0.1, 0.15) is 17.0 Å². The zero-order valence-electron chi connectivity index (χ0n) is 9.95. The Labute approximate surface area is 119 Å². The van der Waals surface area contributed by atoms with Crippen LogP contribution in [0.15, 0.2) is 27.2 Å². The highest BCUT2D eigenvalue weighted by Gasteiger charge is 2.32. The summed E-state index contributed by atoms with van der Waals surface area (Å²) in [6, 6.07) is 3.07. The lowest BCUT2D eigenvalue weighted by Gasteiger charge is -2.09. The summed E-state index contributed by atoms with van der Waals surface area (Å²) >= 11 is 2.97. The molecule has 0 amide bonds. The Kier molecular flexibility index (Phi) is 3.59. The number of carbonyl (C=O) groups is 1. The van der Waals surface area contributed by atoms with Gasteiger partial charge in [0.05, 0.1) is 5.56 Å². The molecule has 0 bridgehead atoms. The van der Waals surface area contributed by atoms with Crippen LogP contribution in [0.5, 0.6) is 0 Å². The lowest BCUT2D eigenvalue weighted by molar-refractivity contribution is -0.137. The summed E-state index contributed by atoms with van der Waals surface area (Å²) in [6.07, 6.45) is -4.54. The largest absolute Gasteiger partial charge is 0.477 e. The monoisotopic (exact) mass is 349 g/mol. The molecule has 1 aromatic carbocycles. The van der Waals surface area contributed by atoms with E-state index in [1.54, 1.807) is 0 Å². The summed E-state index contributed by atoms with van der Waals surface area (Å²) in [5.74, 6) is -1.28. The second-order valence-electron chi connectivity index (χ2n) is 3.99. The Hall–Kier alpha value is -1.83. The van der Waals surface area contributed by atoms with Crippen molar-refractivity contribution in [3.63, 3.8) is 0 Å². The van der Waals surface area contributed by atoms with E-state index in [1.165, 1.54) is 13.0 Å². The smallest absolute Gasteiger partial charge is 0.416 e. The third kappa shape index (κ3) is 2.69. The number of hydrogen-bond acceptors (Lipinski definition) is 3. The van der Waals surface area contributed by atoms with Crippen LogP contribution in [0.2, 0.25) is 0 Å². The van der Waals surface area contributed by atoms with Crippen molar-refractivity contribution in [3.8, 4) is 11.3 Å². The summed E-state index contributed by atoms with van der Waals surface area (Å²) in [6.45, 7) is 1.38. The average Bonchev–Trinajstić information content (AvgIpc) is 2.69. The Balaban J connectivity index is 2.65. The molecule has 0 radical (unpaired) electrons. The first-order valence-corrected chi connectivity index (χ1v) is 6.07. The molecule has 2 rings (SSSR count). The Morgan fingerprint density at radius 1 is 1.35 bits per heavy atom. The molecule has 0 unspecified atom stereocenters. The molecule has 0 saturated carbocycles. The second kappa shape index (κ2) is 4.93. The van der Waals surface area contributed by atoms with Gasteiger partial charge in [0.15, 0.2) is 0 Å². The molecule has 0 aliphatic carbocycles. The molecular formula is C12H7BrF3NO3. The quantitative estimate of drug-likeness (QED) is 0.885. The predicted octanol–water partition coefficient (Wildman–Crippen LogP) is 4.13. The van der Waals surface area contributed by atoms with Crippen molar-refractivity contribution in [1.82, 2.24) is 5.16 Å². The third-order valence-electron chi connectivity index (χ3n) is 2.58. The number of rotatable bonds is 2. The van der Waals surface area contributed by atoms with Crippen LogP contribution < -0.4 is 0 Å². The molecular weight excluding hydrogens is 343 g/mol. The molecule has 0 aliphatic heterocycles. The first-order valence-electron chi connectivity index (χ1n) is 5.28. The molecule has 0 spiro atoms. The average molecular weight is 350 g/mol. The van der Waals surface area contributed by atoms with Gasteiger partial charge in [0.2, 0.25) is 0 Å². The van der Waals surface area contributed by atoms with Gasteiger partial charge in [0, 0.05) is 10.0 Å². The van der Waals surface area contributed by atoms with E-state index >= 15 is 0 Å². The van der Waals surface area contributed by atoms with Crippen LogP contribution in [-0.4, -0.2) is 16.2 Å². The zero-order valence-corrected chi connectivity index (χ0v) is 11.5. The van der Waals surface area contributed by atoms with Crippen LogP contribution in [0.1, 0.15) is 21.7 Å². The van der Waals surface area contributed by atoms with Crippen LogP contribution >= 0.6 is 15.9 Å². The highest BCUT2D eigenvalue weighted by atomic mass is 79.9. The lowest BCUT2D eigenvalue weighted by atomic mass is 10.0. The number of alkyl halides is 3. The predicted molar refractivity (Wildman–Crippen MR) is 66.3 cm³/mol. The van der Waals surface area contributed by atoms with Gasteiger partial charge in [0.25, 0.3) is 0 Å². The van der Waals surface area contributed by atoms with E-state index in [-0.39, 0.29) is 27.1 Å². The number of benzene rings is 1. The summed E-state index contributed by atoms with van der Waals surface area (Å²) in [4.78, 5) is 11.1. The van der Waals surface area contributed by atoms with E-state index in [2.05, 4.69) is 21.1 Å². The molecule has 0 aliphatic rings. The minimum Gasteiger partial charge on any atom is -0.477 e. The van der Waals surface area contributed by atoms with Crippen molar-refractivity contribution < 1.29 is 27.6 Å². The van der Waals surface area contributed by atoms with Gasteiger partial charge in [-0.05, 0) is 25.1 Å².